The number of hydrogen-bond acceptors (Lipinski definition) is 3. The lowest BCUT2D eigenvalue weighted by Crippen LogP contribution is -2.42. The van der Waals surface area contributed by atoms with E-state index in [2.05, 4.69) is 41.3 Å². The Morgan fingerprint density at radius 2 is 1.81 bits per heavy atom. The molecule has 0 spiro atoms. The van der Waals surface area contributed by atoms with E-state index in [1.54, 1.807) is 12.1 Å². The van der Waals surface area contributed by atoms with E-state index in [0.717, 1.165) is 51.4 Å². The average Bonchev–Trinajstić information content (AvgIpc) is 2.62. The number of aliphatic imine (C=N–C) groups is 1. The van der Waals surface area contributed by atoms with Gasteiger partial charge in [0.1, 0.15) is 5.75 Å². The highest BCUT2D eigenvalue weighted by molar-refractivity contribution is 14.0. The maximum atomic E-state index is 9.30. The molecule has 0 aromatic heterocycles. The summed E-state index contributed by atoms with van der Waals surface area (Å²) in [4.78, 5) is 6.77. The number of phenolic OH excluding ortho intramolecular Hbond substituents is 1. The van der Waals surface area contributed by atoms with Gasteiger partial charge in [0.25, 0.3) is 0 Å². The first-order valence-corrected chi connectivity index (χ1v) is 9.56. The second-order valence-corrected chi connectivity index (χ2v) is 6.48. The quantitative estimate of drug-likeness (QED) is 0.198. The van der Waals surface area contributed by atoms with Gasteiger partial charge in [0.05, 0.1) is 0 Å². The lowest BCUT2D eigenvalue weighted by Gasteiger charge is -2.21. The summed E-state index contributed by atoms with van der Waals surface area (Å²) in [7, 11) is 1.82. The molecule has 1 aromatic carbocycles. The summed E-state index contributed by atoms with van der Waals surface area (Å²) in [5.74, 6) is 1.20. The molecule has 1 aromatic rings. The van der Waals surface area contributed by atoms with Crippen molar-refractivity contribution in [2.45, 2.75) is 52.5 Å². The van der Waals surface area contributed by atoms with Crippen LogP contribution in [0.3, 0.4) is 0 Å². The minimum atomic E-state index is 0. The fourth-order valence-corrected chi connectivity index (χ4v) is 2.82. The molecule has 3 N–H and O–H groups in total. The molecule has 0 aliphatic rings. The van der Waals surface area contributed by atoms with Crippen LogP contribution in [0.25, 0.3) is 0 Å². The molecule has 150 valence electrons. The molecule has 0 fully saturated rings. The smallest absolute Gasteiger partial charge is 0.191 e. The standard InChI is InChI=1S/C20H36N4O.HI/c1-5-24(6-2)16-8-9-17(3)23-20(21-4)22-15-7-10-18-11-13-19(25)14-12-18;/h11-14,17,25H,5-10,15-16H2,1-4H3,(H2,21,22,23);1H. The largest absolute Gasteiger partial charge is 0.508 e. The first-order valence-electron chi connectivity index (χ1n) is 9.56. The van der Waals surface area contributed by atoms with Crippen LogP contribution >= 0.6 is 24.0 Å². The Bertz CT molecular complexity index is 489. The van der Waals surface area contributed by atoms with Gasteiger partial charge in [-0.15, -0.1) is 24.0 Å². The van der Waals surface area contributed by atoms with Crippen molar-refractivity contribution in [3.63, 3.8) is 0 Å². The maximum absolute atomic E-state index is 9.30. The topological polar surface area (TPSA) is 59.9 Å². The summed E-state index contributed by atoms with van der Waals surface area (Å²) in [5, 5.41) is 16.2. The van der Waals surface area contributed by atoms with Crippen molar-refractivity contribution in [3.05, 3.63) is 29.8 Å². The Balaban J connectivity index is 0.00000625. The van der Waals surface area contributed by atoms with E-state index in [9.17, 15) is 5.11 Å². The van der Waals surface area contributed by atoms with Crippen molar-refractivity contribution in [1.82, 2.24) is 15.5 Å². The van der Waals surface area contributed by atoms with Crippen LogP contribution in [0.1, 0.15) is 45.6 Å². The highest BCUT2D eigenvalue weighted by atomic mass is 127. The van der Waals surface area contributed by atoms with E-state index in [4.69, 9.17) is 0 Å². The SMILES string of the molecule is CCN(CC)CCCC(C)NC(=NC)NCCCc1ccc(O)cc1.I. The monoisotopic (exact) mass is 476 g/mol. The average molecular weight is 476 g/mol. The lowest BCUT2D eigenvalue weighted by molar-refractivity contribution is 0.292. The van der Waals surface area contributed by atoms with Gasteiger partial charge >= 0.3 is 0 Å². The van der Waals surface area contributed by atoms with Crippen LogP contribution in [0, 0.1) is 0 Å². The summed E-state index contributed by atoms with van der Waals surface area (Å²) in [5.41, 5.74) is 1.24. The van der Waals surface area contributed by atoms with Gasteiger partial charge in [-0.05, 0) is 69.9 Å². The molecular weight excluding hydrogens is 439 g/mol. The number of aromatic hydroxyl groups is 1. The molecule has 6 heteroatoms. The van der Waals surface area contributed by atoms with Crippen molar-refractivity contribution in [3.8, 4) is 5.75 Å². The second kappa shape index (κ2) is 15.1. The third-order valence-electron chi connectivity index (χ3n) is 4.48. The van der Waals surface area contributed by atoms with Gasteiger partial charge < -0.3 is 20.6 Å². The summed E-state index contributed by atoms with van der Waals surface area (Å²) in [6, 6.07) is 7.84. The van der Waals surface area contributed by atoms with Crippen LogP contribution in [-0.4, -0.2) is 55.2 Å². The van der Waals surface area contributed by atoms with Gasteiger partial charge in [0.15, 0.2) is 5.96 Å². The van der Waals surface area contributed by atoms with E-state index < -0.39 is 0 Å². The Morgan fingerprint density at radius 1 is 1.15 bits per heavy atom. The summed E-state index contributed by atoms with van der Waals surface area (Å²) < 4.78 is 0. The van der Waals surface area contributed by atoms with Crippen LogP contribution in [-0.2, 0) is 6.42 Å². The Labute approximate surface area is 176 Å². The zero-order valence-corrected chi connectivity index (χ0v) is 19.1. The van der Waals surface area contributed by atoms with Crippen LogP contribution in [0.5, 0.6) is 5.75 Å². The minimum absolute atomic E-state index is 0. The van der Waals surface area contributed by atoms with E-state index >= 15 is 0 Å². The van der Waals surface area contributed by atoms with E-state index in [1.807, 2.05) is 19.2 Å². The van der Waals surface area contributed by atoms with Gasteiger partial charge in [-0.3, -0.25) is 4.99 Å². The van der Waals surface area contributed by atoms with Crippen molar-refractivity contribution >= 4 is 29.9 Å². The van der Waals surface area contributed by atoms with Crippen molar-refractivity contribution in [1.29, 1.82) is 0 Å². The lowest BCUT2D eigenvalue weighted by atomic mass is 10.1. The number of aryl methyl sites for hydroxylation is 1. The highest BCUT2D eigenvalue weighted by Gasteiger charge is 2.06. The van der Waals surface area contributed by atoms with Gasteiger partial charge in [-0.2, -0.15) is 0 Å². The van der Waals surface area contributed by atoms with Crippen molar-refractivity contribution in [2.75, 3.05) is 33.2 Å². The molecule has 0 aliphatic carbocycles. The Morgan fingerprint density at radius 3 is 2.38 bits per heavy atom. The molecule has 0 radical (unpaired) electrons. The fourth-order valence-electron chi connectivity index (χ4n) is 2.82. The number of benzene rings is 1. The molecule has 5 nitrogen and oxygen atoms in total. The maximum Gasteiger partial charge on any atom is 0.191 e. The normalized spacial score (nSPS) is 12.6. The molecule has 0 saturated heterocycles. The number of nitrogens with one attached hydrogen (secondary N) is 2. The van der Waals surface area contributed by atoms with Crippen LogP contribution < -0.4 is 10.6 Å². The molecule has 0 amide bonds. The Kier molecular flexibility index (Phi) is 14.5. The summed E-state index contributed by atoms with van der Waals surface area (Å²) >= 11 is 0. The van der Waals surface area contributed by atoms with Gasteiger partial charge in [-0.25, -0.2) is 0 Å². The van der Waals surface area contributed by atoms with Gasteiger partial charge in [0.2, 0.25) is 0 Å². The second-order valence-electron chi connectivity index (χ2n) is 6.48. The molecule has 0 aliphatic heterocycles. The number of guanidine groups is 1. The number of hydrogen-bond donors (Lipinski definition) is 3. The molecule has 0 bridgehead atoms. The molecule has 0 saturated carbocycles. The summed E-state index contributed by atoms with van der Waals surface area (Å²) in [6.07, 6.45) is 4.36. The van der Waals surface area contributed by atoms with E-state index in [1.165, 1.54) is 12.0 Å². The zero-order chi connectivity index (χ0) is 18.5. The number of phenols is 1. The molecule has 1 atom stereocenters. The first-order chi connectivity index (χ1) is 12.1. The molecular formula is C20H37IN4O. The minimum Gasteiger partial charge on any atom is -0.508 e. The summed E-state index contributed by atoms with van der Waals surface area (Å²) in [6.45, 7) is 10.9. The molecule has 26 heavy (non-hydrogen) atoms. The highest BCUT2D eigenvalue weighted by Crippen LogP contribution is 2.10. The van der Waals surface area contributed by atoms with Crippen molar-refractivity contribution < 1.29 is 5.11 Å². The molecule has 1 rings (SSSR count). The van der Waals surface area contributed by atoms with Crippen LogP contribution in [0.2, 0.25) is 0 Å². The number of halogens is 1. The van der Waals surface area contributed by atoms with Crippen molar-refractivity contribution in [2.24, 2.45) is 4.99 Å². The predicted molar refractivity (Wildman–Crippen MR) is 123 cm³/mol. The number of rotatable bonds is 11. The third-order valence-corrected chi connectivity index (χ3v) is 4.48. The Hall–Kier alpha value is -1.02. The third kappa shape index (κ3) is 10.9. The number of nitrogens with zero attached hydrogens (tertiary/aromatic N) is 2. The van der Waals surface area contributed by atoms with Gasteiger partial charge in [0, 0.05) is 19.6 Å². The predicted octanol–water partition coefficient (Wildman–Crippen LogP) is 3.62. The van der Waals surface area contributed by atoms with Crippen LogP contribution in [0.4, 0.5) is 0 Å². The fraction of sp³-hybridized carbons (Fsp3) is 0.650. The van der Waals surface area contributed by atoms with Crippen LogP contribution in [0.15, 0.2) is 29.3 Å². The molecule has 1 unspecified atom stereocenters. The molecule has 0 heterocycles. The van der Waals surface area contributed by atoms with E-state index in [0.29, 0.717) is 11.8 Å². The zero-order valence-electron chi connectivity index (χ0n) is 16.8. The first kappa shape index (κ1) is 25.0. The van der Waals surface area contributed by atoms with E-state index in [-0.39, 0.29) is 24.0 Å². The van der Waals surface area contributed by atoms with Gasteiger partial charge in [-0.1, -0.05) is 26.0 Å².